The zero-order valence-corrected chi connectivity index (χ0v) is 17.7. The molecule has 0 radical (unpaired) electrons. The molecule has 4 N–H and O–H groups in total. The number of halogens is 1. The van der Waals surface area contributed by atoms with E-state index in [1.54, 1.807) is 0 Å². The molecule has 1 aliphatic heterocycles. The number of carbonyl (C=O) groups is 2. The molecule has 7 heteroatoms. The Balaban J connectivity index is 0.00000364. The second-order valence-electron chi connectivity index (χ2n) is 8.38. The minimum Gasteiger partial charge on any atom is -0.356 e. The molecule has 0 bridgehead atoms. The van der Waals surface area contributed by atoms with Gasteiger partial charge in [-0.05, 0) is 57.0 Å². The normalized spacial score (nSPS) is 19.6. The largest absolute Gasteiger partial charge is 0.356 e. The van der Waals surface area contributed by atoms with Crippen molar-refractivity contribution in [2.24, 2.45) is 5.41 Å². The summed E-state index contributed by atoms with van der Waals surface area (Å²) in [5.41, 5.74) is 0.247. The zero-order valence-electron chi connectivity index (χ0n) is 16.9. The van der Waals surface area contributed by atoms with Crippen LogP contribution in [0.5, 0.6) is 0 Å². The third kappa shape index (κ3) is 10.2. The standard InChI is InChI=1S/C20H38N4O2.ClH/c1-20(11-14-21-15-12-20)16-23-18(25)10-6-3-7-13-22-19(26)24-17-8-4-2-5-9-17;/h17,21H,2-16H2,1H3,(H,23,25)(H2,22,24,26);1H. The second-order valence-corrected chi connectivity index (χ2v) is 8.38. The predicted molar refractivity (Wildman–Crippen MR) is 112 cm³/mol. The quantitative estimate of drug-likeness (QED) is 0.447. The SMILES string of the molecule is CC1(CNC(=O)CCCCCNC(=O)NC2CCCCC2)CCNCC1.Cl. The molecular weight excluding hydrogens is 364 g/mol. The first kappa shape index (κ1) is 24.0. The highest BCUT2D eigenvalue weighted by molar-refractivity contribution is 5.85. The maximum Gasteiger partial charge on any atom is 0.315 e. The van der Waals surface area contributed by atoms with Crippen LogP contribution in [0.25, 0.3) is 0 Å². The molecular formula is C20H39ClN4O2. The summed E-state index contributed by atoms with van der Waals surface area (Å²) in [5.74, 6) is 0.160. The van der Waals surface area contributed by atoms with E-state index in [9.17, 15) is 9.59 Å². The van der Waals surface area contributed by atoms with Crippen LogP contribution in [0.4, 0.5) is 4.79 Å². The molecule has 0 unspecified atom stereocenters. The van der Waals surface area contributed by atoms with Gasteiger partial charge in [0.2, 0.25) is 5.91 Å². The average Bonchev–Trinajstić information content (AvgIpc) is 2.64. The van der Waals surface area contributed by atoms with Crippen LogP contribution in [-0.2, 0) is 4.79 Å². The van der Waals surface area contributed by atoms with E-state index >= 15 is 0 Å². The van der Waals surface area contributed by atoms with Crippen LogP contribution >= 0.6 is 12.4 Å². The molecule has 1 aliphatic carbocycles. The summed E-state index contributed by atoms with van der Waals surface area (Å²) in [5, 5.41) is 12.5. The number of rotatable bonds is 9. The lowest BCUT2D eigenvalue weighted by molar-refractivity contribution is -0.121. The molecule has 0 aromatic carbocycles. The van der Waals surface area contributed by atoms with Gasteiger partial charge in [-0.1, -0.05) is 32.6 Å². The Morgan fingerprint density at radius 1 is 1.00 bits per heavy atom. The molecule has 1 saturated heterocycles. The molecule has 1 saturated carbocycles. The summed E-state index contributed by atoms with van der Waals surface area (Å²) in [6.45, 7) is 5.83. The van der Waals surface area contributed by atoms with E-state index in [2.05, 4.69) is 28.2 Å². The molecule has 0 spiro atoms. The first-order chi connectivity index (χ1) is 12.6. The number of carbonyl (C=O) groups excluding carboxylic acids is 2. The Morgan fingerprint density at radius 3 is 2.41 bits per heavy atom. The van der Waals surface area contributed by atoms with Gasteiger partial charge >= 0.3 is 6.03 Å². The minimum atomic E-state index is -0.0372. The highest BCUT2D eigenvalue weighted by Gasteiger charge is 2.26. The number of unbranched alkanes of at least 4 members (excludes halogenated alkanes) is 2. The molecule has 6 nitrogen and oxygen atoms in total. The highest BCUT2D eigenvalue weighted by Crippen LogP contribution is 2.26. The third-order valence-electron chi connectivity index (χ3n) is 5.83. The van der Waals surface area contributed by atoms with E-state index in [1.807, 2.05) is 0 Å². The van der Waals surface area contributed by atoms with Crippen molar-refractivity contribution in [3.63, 3.8) is 0 Å². The molecule has 2 rings (SSSR count). The van der Waals surface area contributed by atoms with Crippen molar-refractivity contribution in [1.29, 1.82) is 0 Å². The van der Waals surface area contributed by atoms with E-state index in [1.165, 1.54) is 19.3 Å². The minimum absolute atomic E-state index is 0. The van der Waals surface area contributed by atoms with Crippen molar-refractivity contribution >= 4 is 24.3 Å². The molecule has 0 aromatic rings. The van der Waals surface area contributed by atoms with Crippen LogP contribution < -0.4 is 21.3 Å². The summed E-state index contributed by atoms with van der Waals surface area (Å²) in [7, 11) is 0. The van der Waals surface area contributed by atoms with Gasteiger partial charge < -0.3 is 21.3 Å². The number of hydrogen-bond donors (Lipinski definition) is 4. The Hall–Kier alpha value is -1.01. The van der Waals surface area contributed by atoms with Crippen LogP contribution in [0.2, 0.25) is 0 Å². The fraction of sp³-hybridized carbons (Fsp3) is 0.900. The summed E-state index contributed by atoms with van der Waals surface area (Å²) in [4.78, 5) is 23.8. The zero-order chi connectivity index (χ0) is 18.7. The third-order valence-corrected chi connectivity index (χ3v) is 5.83. The van der Waals surface area contributed by atoms with Gasteiger partial charge in [0.05, 0.1) is 0 Å². The summed E-state index contributed by atoms with van der Waals surface area (Å²) in [6.07, 6.45) is 11.6. The van der Waals surface area contributed by atoms with Crippen molar-refractivity contribution in [3.05, 3.63) is 0 Å². The number of amides is 3. The molecule has 0 aromatic heterocycles. The lowest BCUT2D eigenvalue weighted by atomic mass is 9.81. The Kier molecular flexibility index (Phi) is 11.8. The molecule has 1 heterocycles. The molecule has 27 heavy (non-hydrogen) atoms. The van der Waals surface area contributed by atoms with Crippen LogP contribution in [0.1, 0.15) is 77.6 Å². The fourth-order valence-electron chi connectivity index (χ4n) is 3.88. The Morgan fingerprint density at radius 2 is 1.70 bits per heavy atom. The van der Waals surface area contributed by atoms with Gasteiger partial charge in [-0.25, -0.2) is 4.79 Å². The van der Waals surface area contributed by atoms with Gasteiger partial charge in [-0.15, -0.1) is 12.4 Å². The van der Waals surface area contributed by atoms with Gasteiger partial charge in [0.15, 0.2) is 0 Å². The number of piperidine rings is 1. The van der Waals surface area contributed by atoms with E-state index in [4.69, 9.17) is 0 Å². The summed E-state index contributed by atoms with van der Waals surface area (Å²) < 4.78 is 0. The summed E-state index contributed by atoms with van der Waals surface area (Å²) >= 11 is 0. The maximum atomic E-state index is 12.0. The first-order valence-electron chi connectivity index (χ1n) is 10.6. The molecule has 0 atom stereocenters. The van der Waals surface area contributed by atoms with E-state index in [0.29, 0.717) is 19.0 Å². The van der Waals surface area contributed by atoms with Crippen molar-refractivity contribution in [2.45, 2.75) is 83.6 Å². The molecule has 2 aliphatic rings. The molecule has 158 valence electrons. The number of hydrogen-bond acceptors (Lipinski definition) is 3. The van der Waals surface area contributed by atoms with Crippen molar-refractivity contribution in [1.82, 2.24) is 21.3 Å². The van der Waals surface area contributed by atoms with Crippen LogP contribution in [0.15, 0.2) is 0 Å². The van der Waals surface area contributed by atoms with E-state index in [0.717, 1.165) is 64.6 Å². The van der Waals surface area contributed by atoms with E-state index in [-0.39, 0.29) is 29.8 Å². The van der Waals surface area contributed by atoms with Gasteiger partial charge in [-0.2, -0.15) is 0 Å². The van der Waals surface area contributed by atoms with Crippen LogP contribution in [-0.4, -0.2) is 44.2 Å². The van der Waals surface area contributed by atoms with Gasteiger partial charge in [0, 0.05) is 25.6 Å². The van der Waals surface area contributed by atoms with Crippen molar-refractivity contribution in [3.8, 4) is 0 Å². The Bertz CT molecular complexity index is 436. The fourth-order valence-corrected chi connectivity index (χ4v) is 3.88. The van der Waals surface area contributed by atoms with Gasteiger partial charge in [0.1, 0.15) is 0 Å². The lowest BCUT2D eigenvalue weighted by Gasteiger charge is -2.34. The number of nitrogens with one attached hydrogen (secondary N) is 4. The first-order valence-corrected chi connectivity index (χ1v) is 10.6. The maximum absolute atomic E-state index is 12.0. The Labute approximate surface area is 170 Å². The van der Waals surface area contributed by atoms with Crippen molar-refractivity contribution in [2.75, 3.05) is 26.2 Å². The number of urea groups is 1. The van der Waals surface area contributed by atoms with Crippen LogP contribution in [0.3, 0.4) is 0 Å². The molecule has 2 fully saturated rings. The molecule has 3 amide bonds. The second kappa shape index (κ2) is 13.2. The van der Waals surface area contributed by atoms with E-state index < -0.39 is 0 Å². The summed E-state index contributed by atoms with van der Waals surface area (Å²) in [6, 6.07) is 0.319. The monoisotopic (exact) mass is 402 g/mol. The van der Waals surface area contributed by atoms with Crippen molar-refractivity contribution < 1.29 is 9.59 Å². The van der Waals surface area contributed by atoms with Gasteiger partial charge in [-0.3, -0.25) is 4.79 Å². The van der Waals surface area contributed by atoms with Gasteiger partial charge in [0.25, 0.3) is 0 Å². The average molecular weight is 403 g/mol. The predicted octanol–water partition coefficient (Wildman–Crippen LogP) is 3.11. The topological polar surface area (TPSA) is 82.3 Å². The smallest absolute Gasteiger partial charge is 0.315 e. The van der Waals surface area contributed by atoms with Crippen LogP contribution in [0, 0.1) is 5.41 Å². The lowest BCUT2D eigenvalue weighted by Crippen LogP contribution is -2.43. The highest BCUT2D eigenvalue weighted by atomic mass is 35.5.